The van der Waals surface area contributed by atoms with Crippen molar-refractivity contribution in [1.82, 2.24) is 15.3 Å². The Hall–Kier alpha value is -1.36. The quantitative estimate of drug-likeness (QED) is 0.828. The molecule has 17 heavy (non-hydrogen) atoms. The maximum atomic E-state index is 5.05. The van der Waals surface area contributed by atoms with Gasteiger partial charge in [-0.2, -0.15) is 4.98 Å². The van der Waals surface area contributed by atoms with Crippen molar-refractivity contribution in [2.24, 2.45) is 0 Å². The van der Waals surface area contributed by atoms with Crippen molar-refractivity contribution in [2.45, 2.75) is 37.8 Å². The third-order valence-corrected chi connectivity index (χ3v) is 3.31. The Bertz CT molecular complexity index is 350. The first-order valence-corrected chi connectivity index (χ1v) is 6.11. The third-order valence-electron chi connectivity index (χ3n) is 3.31. The van der Waals surface area contributed by atoms with Crippen LogP contribution in [0.4, 0.5) is 5.82 Å². The highest BCUT2D eigenvalue weighted by molar-refractivity contribution is 5.34. The highest BCUT2D eigenvalue weighted by Gasteiger charge is 2.20. The zero-order valence-corrected chi connectivity index (χ0v) is 10.4. The van der Waals surface area contributed by atoms with Crippen LogP contribution in [0.15, 0.2) is 12.4 Å². The number of ether oxygens (including phenoxy) is 1. The molecule has 1 aromatic heterocycles. The Morgan fingerprint density at radius 3 is 2.53 bits per heavy atom. The molecule has 0 radical (unpaired) electrons. The number of methoxy groups -OCH3 is 1. The second-order valence-corrected chi connectivity index (χ2v) is 4.43. The minimum absolute atomic E-state index is 0.501. The summed E-state index contributed by atoms with van der Waals surface area (Å²) in [5, 5.41) is 6.75. The molecule has 0 spiro atoms. The fraction of sp³-hybridized carbons (Fsp3) is 0.667. The summed E-state index contributed by atoms with van der Waals surface area (Å²) < 4.78 is 5.05. The van der Waals surface area contributed by atoms with Crippen LogP contribution in [-0.4, -0.2) is 36.2 Å². The Labute approximate surface area is 102 Å². The fourth-order valence-corrected chi connectivity index (χ4v) is 2.25. The number of anilines is 1. The van der Waals surface area contributed by atoms with Crippen molar-refractivity contribution in [3.05, 3.63) is 12.4 Å². The van der Waals surface area contributed by atoms with Crippen molar-refractivity contribution in [2.75, 3.05) is 19.5 Å². The van der Waals surface area contributed by atoms with Gasteiger partial charge in [0.2, 0.25) is 5.88 Å². The van der Waals surface area contributed by atoms with Crippen molar-refractivity contribution in [3.63, 3.8) is 0 Å². The molecule has 0 atom stereocenters. The molecule has 0 saturated heterocycles. The monoisotopic (exact) mass is 236 g/mol. The Morgan fingerprint density at radius 1 is 1.18 bits per heavy atom. The highest BCUT2D eigenvalue weighted by Crippen LogP contribution is 2.21. The standard InChI is InChI=1S/C12H20N4O/c1-13-9-3-5-10(6-4-9)15-11-7-14-8-12(16-11)17-2/h7-10,13H,3-6H2,1-2H3,(H,15,16). The summed E-state index contributed by atoms with van der Waals surface area (Å²) in [5.41, 5.74) is 0. The average molecular weight is 236 g/mol. The van der Waals surface area contributed by atoms with Gasteiger partial charge in [-0.25, -0.2) is 0 Å². The zero-order valence-electron chi connectivity index (χ0n) is 10.4. The molecule has 5 nitrogen and oxygen atoms in total. The van der Waals surface area contributed by atoms with Crippen LogP contribution in [0.2, 0.25) is 0 Å². The predicted molar refractivity (Wildman–Crippen MR) is 67.3 cm³/mol. The van der Waals surface area contributed by atoms with Gasteiger partial charge in [-0.05, 0) is 32.7 Å². The summed E-state index contributed by atoms with van der Waals surface area (Å²) in [6.45, 7) is 0. The van der Waals surface area contributed by atoms with Gasteiger partial charge in [0.15, 0.2) is 0 Å². The lowest BCUT2D eigenvalue weighted by atomic mass is 9.91. The molecule has 1 aliphatic rings. The summed E-state index contributed by atoms with van der Waals surface area (Å²) in [4.78, 5) is 8.40. The van der Waals surface area contributed by atoms with Crippen LogP contribution in [0.25, 0.3) is 0 Å². The molecule has 2 rings (SSSR count). The van der Waals surface area contributed by atoms with Gasteiger partial charge in [-0.3, -0.25) is 4.98 Å². The smallest absolute Gasteiger partial charge is 0.233 e. The van der Waals surface area contributed by atoms with E-state index in [0.29, 0.717) is 18.0 Å². The van der Waals surface area contributed by atoms with Crippen molar-refractivity contribution in [3.8, 4) is 5.88 Å². The van der Waals surface area contributed by atoms with E-state index in [-0.39, 0.29) is 0 Å². The molecule has 0 amide bonds. The molecule has 1 aliphatic carbocycles. The number of nitrogens with zero attached hydrogens (tertiary/aromatic N) is 2. The van der Waals surface area contributed by atoms with Crippen LogP contribution in [-0.2, 0) is 0 Å². The number of nitrogens with one attached hydrogen (secondary N) is 2. The van der Waals surface area contributed by atoms with E-state index < -0.39 is 0 Å². The van der Waals surface area contributed by atoms with E-state index in [4.69, 9.17) is 4.74 Å². The lowest BCUT2D eigenvalue weighted by Gasteiger charge is -2.29. The van der Waals surface area contributed by atoms with Crippen molar-refractivity contribution < 1.29 is 4.74 Å². The number of aromatic nitrogens is 2. The first-order chi connectivity index (χ1) is 8.31. The predicted octanol–water partition coefficient (Wildman–Crippen LogP) is 1.43. The largest absolute Gasteiger partial charge is 0.480 e. The molecule has 1 heterocycles. The molecule has 0 aliphatic heterocycles. The van der Waals surface area contributed by atoms with Crippen LogP contribution >= 0.6 is 0 Å². The zero-order chi connectivity index (χ0) is 12.1. The van der Waals surface area contributed by atoms with E-state index in [1.165, 1.54) is 25.7 Å². The van der Waals surface area contributed by atoms with E-state index in [2.05, 4.69) is 20.6 Å². The number of rotatable bonds is 4. The van der Waals surface area contributed by atoms with Gasteiger partial charge >= 0.3 is 0 Å². The van der Waals surface area contributed by atoms with Crippen LogP contribution in [0.1, 0.15) is 25.7 Å². The lowest BCUT2D eigenvalue weighted by Crippen LogP contribution is -2.35. The third kappa shape index (κ3) is 3.30. The minimum atomic E-state index is 0.501. The van der Waals surface area contributed by atoms with Gasteiger partial charge in [0, 0.05) is 12.1 Å². The summed E-state index contributed by atoms with van der Waals surface area (Å²) in [6, 6.07) is 1.17. The Kier molecular flexibility index (Phi) is 4.14. The molecular weight excluding hydrogens is 216 g/mol. The molecular formula is C12H20N4O. The van der Waals surface area contributed by atoms with E-state index in [1.807, 2.05) is 7.05 Å². The SMILES string of the molecule is CNC1CCC(Nc2cncc(OC)n2)CC1. The summed E-state index contributed by atoms with van der Waals surface area (Å²) in [7, 11) is 3.64. The molecule has 94 valence electrons. The fourth-order valence-electron chi connectivity index (χ4n) is 2.25. The molecule has 1 aromatic rings. The summed E-state index contributed by atoms with van der Waals surface area (Å²) >= 11 is 0. The minimum Gasteiger partial charge on any atom is -0.480 e. The molecule has 5 heteroatoms. The molecule has 1 fully saturated rings. The topological polar surface area (TPSA) is 59.1 Å². The van der Waals surface area contributed by atoms with E-state index in [0.717, 1.165) is 5.82 Å². The normalized spacial score (nSPS) is 24.4. The average Bonchev–Trinajstić information content (AvgIpc) is 2.40. The van der Waals surface area contributed by atoms with Gasteiger partial charge in [0.25, 0.3) is 0 Å². The van der Waals surface area contributed by atoms with E-state index >= 15 is 0 Å². The Morgan fingerprint density at radius 2 is 1.88 bits per heavy atom. The molecule has 2 N–H and O–H groups in total. The highest BCUT2D eigenvalue weighted by atomic mass is 16.5. The molecule has 0 aromatic carbocycles. The summed E-state index contributed by atoms with van der Waals surface area (Å²) in [6.07, 6.45) is 8.13. The molecule has 0 unspecified atom stereocenters. The number of hydrogen-bond donors (Lipinski definition) is 2. The summed E-state index contributed by atoms with van der Waals surface area (Å²) in [5.74, 6) is 1.36. The van der Waals surface area contributed by atoms with Crippen LogP contribution in [0.5, 0.6) is 5.88 Å². The van der Waals surface area contributed by atoms with Crippen LogP contribution < -0.4 is 15.4 Å². The van der Waals surface area contributed by atoms with Gasteiger partial charge in [-0.15, -0.1) is 0 Å². The molecule has 0 bridgehead atoms. The van der Waals surface area contributed by atoms with Crippen LogP contribution in [0.3, 0.4) is 0 Å². The van der Waals surface area contributed by atoms with Crippen molar-refractivity contribution >= 4 is 5.82 Å². The van der Waals surface area contributed by atoms with Crippen LogP contribution in [0, 0.1) is 0 Å². The van der Waals surface area contributed by atoms with Gasteiger partial charge in [-0.1, -0.05) is 0 Å². The van der Waals surface area contributed by atoms with Gasteiger partial charge in [0.05, 0.1) is 19.5 Å². The second-order valence-electron chi connectivity index (χ2n) is 4.43. The first kappa shape index (κ1) is 12.1. The number of hydrogen-bond acceptors (Lipinski definition) is 5. The molecule has 1 saturated carbocycles. The van der Waals surface area contributed by atoms with E-state index in [9.17, 15) is 0 Å². The Balaban J connectivity index is 1.88. The lowest BCUT2D eigenvalue weighted by molar-refractivity contribution is 0.369. The maximum Gasteiger partial charge on any atom is 0.233 e. The first-order valence-electron chi connectivity index (χ1n) is 6.11. The van der Waals surface area contributed by atoms with Crippen molar-refractivity contribution in [1.29, 1.82) is 0 Å². The maximum absolute atomic E-state index is 5.05. The van der Waals surface area contributed by atoms with Gasteiger partial charge < -0.3 is 15.4 Å². The second kappa shape index (κ2) is 5.82. The van der Waals surface area contributed by atoms with E-state index in [1.54, 1.807) is 19.5 Å². The van der Waals surface area contributed by atoms with Gasteiger partial charge in [0.1, 0.15) is 5.82 Å².